The Kier molecular flexibility index (Phi) is 6.58. The van der Waals surface area contributed by atoms with E-state index >= 15 is 0 Å². The zero-order valence-electron chi connectivity index (χ0n) is 16.1. The molecule has 1 saturated heterocycles. The molecule has 0 aromatic heterocycles. The van der Waals surface area contributed by atoms with Gasteiger partial charge in [0.1, 0.15) is 5.75 Å². The van der Waals surface area contributed by atoms with Gasteiger partial charge < -0.3 is 9.64 Å². The van der Waals surface area contributed by atoms with Gasteiger partial charge >= 0.3 is 0 Å². The minimum atomic E-state index is -0.237. The minimum absolute atomic E-state index is 0.00955. The Bertz CT molecular complexity index is 847. The van der Waals surface area contributed by atoms with E-state index < -0.39 is 0 Å². The van der Waals surface area contributed by atoms with Crippen LogP contribution in [0.5, 0.6) is 5.75 Å². The first kappa shape index (κ1) is 19.8. The fourth-order valence-electron chi connectivity index (χ4n) is 3.63. The zero-order chi connectivity index (χ0) is 19.9. The van der Waals surface area contributed by atoms with E-state index in [-0.39, 0.29) is 36.2 Å². The first-order valence-electron chi connectivity index (χ1n) is 9.63. The third-order valence-corrected chi connectivity index (χ3v) is 5.18. The van der Waals surface area contributed by atoms with Crippen molar-refractivity contribution in [3.63, 3.8) is 0 Å². The number of benzene rings is 2. The number of carbonyl (C=O) groups excluding carboxylic acids is 3. The van der Waals surface area contributed by atoms with Crippen LogP contribution < -0.4 is 4.74 Å². The molecule has 1 fully saturated rings. The second-order valence-electron chi connectivity index (χ2n) is 7.03. The van der Waals surface area contributed by atoms with Crippen molar-refractivity contribution in [2.75, 3.05) is 20.2 Å². The van der Waals surface area contributed by atoms with Crippen LogP contribution in [0.1, 0.15) is 46.4 Å². The number of para-hydroxylation sites is 1. The van der Waals surface area contributed by atoms with Gasteiger partial charge in [0.2, 0.25) is 5.91 Å². The summed E-state index contributed by atoms with van der Waals surface area (Å²) in [5.41, 5.74) is 1.18. The van der Waals surface area contributed by atoms with Gasteiger partial charge in [-0.1, -0.05) is 42.5 Å². The largest absolute Gasteiger partial charge is 0.496 e. The summed E-state index contributed by atoms with van der Waals surface area (Å²) in [5, 5.41) is 0. The smallest absolute Gasteiger partial charge is 0.223 e. The third kappa shape index (κ3) is 4.66. The van der Waals surface area contributed by atoms with Crippen LogP contribution in [0.2, 0.25) is 0 Å². The molecule has 1 aliphatic rings. The highest BCUT2D eigenvalue weighted by Gasteiger charge is 2.30. The highest BCUT2D eigenvalue weighted by Crippen LogP contribution is 2.26. The molecule has 2 aromatic carbocycles. The fourth-order valence-corrected chi connectivity index (χ4v) is 3.63. The Morgan fingerprint density at radius 3 is 2.46 bits per heavy atom. The van der Waals surface area contributed by atoms with Crippen molar-refractivity contribution in [3.05, 3.63) is 65.7 Å². The van der Waals surface area contributed by atoms with Crippen LogP contribution in [0.3, 0.4) is 0 Å². The molecule has 3 rings (SSSR count). The van der Waals surface area contributed by atoms with Crippen LogP contribution in [0.25, 0.3) is 0 Å². The molecule has 1 atom stereocenters. The maximum atomic E-state index is 12.9. The van der Waals surface area contributed by atoms with E-state index in [4.69, 9.17) is 4.74 Å². The number of ketones is 2. The predicted molar refractivity (Wildman–Crippen MR) is 107 cm³/mol. The number of nitrogens with zero attached hydrogens (tertiary/aromatic N) is 1. The molecule has 1 amide bonds. The monoisotopic (exact) mass is 379 g/mol. The second kappa shape index (κ2) is 9.31. The van der Waals surface area contributed by atoms with Crippen molar-refractivity contribution < 1.29 is 19.1 Å². The summed E-state index contributed by atoms with van der Waals surface area (Å²) >= 11 is 0. The average molecular weight is 379 g/mol. The molecule has 146 valence electrons. The molecule has 0 saturated carbocycles. The molecular weight excluding hydrogens is 354 g/mol. The number of rotatable bonds is 7. The Labute approximate surface area is 165 Å². The molecule has 1 heterocycles. The van der Waals surface area contributed by atoms with Gasteiger partial charge in [-0.3, -0.25) is 14.4 Å². The van der Waals surface area contributed by atoms with Crippen molar-refractivity contribution in [2.45, 2.75) is 25.7 Å². The lowest BCUT2D eigenvalue weighted by atomic mass is 9.89. The van der Waals surface area contributed by atoms with Gasteiger partial charge in [0, 0.05) is 37.4 Å². The molecule has 5 nitrogen and oxygen atoms in total. The lowest BCUT2D eigenvalue weighted by Gasteiger charge is -2.32. The number of hydrogen-bond acceptors (Lipinski definition) is 4. The molecule has 0 N–H and O–H groups in total. The molecule has 0 aliphatic carbocycles. The number of ether oxygens (including phenoxy) is 1. The maximum absolute atomic E-state index is 12.9. The van der Waals surface area contributed by atoms with Crippen molar-refractivity contribution in [1.29, 1.82) is 0 Å². The van der Waals surface area contributed by atoms with E-state index in [0.717, 1.165) is 12.8 Å². The summed E-state index contributed by atoms with van der Waals surface area (Å²) in [6.45, 7) is 1.03. The zero-order valence-corrected chi connectivity index (χ0v) is 16.1. The van der Waals surface area contributed by atoms with Gasteiger partial charge in [-0.05, 0) is 25.0 Å². The summed E-state index contributed by atoms with van der Waals surface area (Å²) in [7, 11) is 1.55. The average Bonchev–Trinajstić information content (AvgIpc) is 2.77. The molecule has 1 aliphatic heterocycles. The lowest BCUT2D eigenvalue weighted by molar-refractivity contribution is -0.132. The highest BCUT2D eigenvalue weighted by atomic mass is 16.5. The number of Topliss-reactive ketones (excluding diaryl/α,β-unsaturated/α-hetero) is 2. The van der Waals surface area contributed by atoms with E-state index in [1.165, 1.54) is 0 Å². The molecule has 2 aromatic rings. The normalized spacial score (nSPS) is 16.5. The molecule has 28 heavy (non-hydrogen) atoms. The van der Waals surface area contributed by atoms with Gasteiger partial charge in [0.05, 0.1) is 12.7 Å². The SMILES string of the molecule is COc1ccccc1C(=O)[C@@H]1CCCN(C(=O)CCC(=O)c2ccccc2)C1. The Morgan fingerprint density at radius 1 is 1.00 bits per heavy atom. The fraction of sp³-hybridized carbons (Fsp3) is 0.348. The van der Waals surface area contributed by atoms with Crippen LogP contribution >= 0.6 is 0 Å². The molecule has 5 heteroatoms. The summed E-state index contributed by atoms with van der Waals surface area (Å²) in [4.78, 5) is 39.5. The van der Waals surface area contributed by atoms with E-state index in [2.05, 4.69) is 0 Å². The molecule has 0 unspecified atom stereocenters. The van der Waals surface area contributed by atoms with Crippen LogP contribution in [-0.2, 0) is 4.79 Å². The molecule has 0 bridgehead atoms. The van der Waals surface area contributed by atoms with Crippen molar-refractivity contribution in [3.8, 4) is 5.75 Å². The second-order valence-corrected chi connectivity index (χ2v) is 7.03. The number of piperidine rings is 1. The van der Waals surface area contributed by atoms with Crippen LogP contribution in [-0.4, -0.2) is 42.6 Å². The van der Waals surface area contributed by atoms with Crippen LogP contribution in [0, 0.1) is 5.92 Å². The quantitative estimate of drug-likeness (QED) is 0.687. The predicted octanol–water partition coefficient (Wildman–Crippen LogP) is 3.78. The van der Waals surface area contributed by atoms with Gasteiger partial charge in [0.25, 0.3) is 0 Å². The Balaban J connectivity index is 1.59. The third-order valence-electron chi connectivity index (χ3n) is 5.18. The number of carbonyl (C=O) groups is 3. The molecule has 0 spiro atoms. The summed E-state index contributed by atoms with van der Waals surface area (Å²) in [6, 6.07) is 16.2. The number of methoxy groups -OCH3 is 1. The lowest BCUT2D eigenvalue weighted by Crippen LogP contribution is -2.42. The maximum Gasteiger partial charge on any atom is 0.223 e. The van der Waals surface area contributed by atoms with Crippen molar-refractivity contribution in [2.24, 2.45) is 5.92 Å². The van der Waals surface area contributed by atoms with E-state index in [1.54, 1.807) is 36.3 Å². The first-order chi connectivity index (χ1) is 13.6. The van der Waals surface area contributed by atoms with Gasteiger partial charge in [0.15, 0.2) is 11.6 Å². The number of likely N-dealkylation sites (tertiary alicyclic amines) is 1. The molecule has 0 radical (unpaired) electrons. The van der Waals surface area contributed by atoms with Gasteiger partial charge in [-0.2, -0.15) is 0 Å². The summed E-state index contributed by atoms with van der Waals surface area (Å²) in [6.07, 6.45) is 1.89. The van der Waals surface area contributed by atoms with Crippen LogP contribution in [0.4, 0.5) is 0 Å². The van der Waals surface area contributed by atoms with E-state index in [1.807, 2.05) is 30.3 Å². The standard InChI is InChI=1S/C23H25NO4/c1-28-21-12-6-5-11-19(21)23(27)18-10-7-15-24(16-18)22(26)14-13-20(25)17-8-3-2-4-9-17/h2-6,8-9,11-12,18H,7,10,13-16H2,1H3/t18-/m1/s1. The topological polar surface area (TPSA) is 63.7 Å². The summed E-state index contributed by atoms with van der Waals surface area (Å²) in [5.74, 6) is 0.230. The summed E-state index contributed by atoms with van der Waals surface area (Å²) < 4.78 is 5.30. The van der Waals surface area contributed by atoms with E-state index in [9.17, 15) is 14.4 Å². The van der Waals surface area contributed by atoms with E-state index in [0.29, 0.717) is 30.0 Å². The van der Waals surface area contributed by atoms with Gasteiger partial charge in [-0.15, -0.1) is 0 Å². The highest BCUT2D eigenvalue weighted by molar-refractivity contribution is 6.01. The first-order valence-corrected chi connectivity index (χ1v) is 9.63. The van der Waals surface area contributed by atoms with Crippen molar-refractivity contribution >= 4 is 17.5 Å². The number of hydrogen-bond donors (Lipinski definition) is 0. The Hall–Kier alpha value is -2.95. The molecular formula is C23H25NO4. The van der Waals surface area contributed by atoms with Crippen molar-refractivity contribution in [1.82, 2.24) is 4.90 Å². The van der Waals surface area contributed by atoms with Crippen LogP contribution in [0.15, 0.2) is 54.6 Å². The van der Waals surface area contributed by atoms with Gasteiger partial charge in [-0.25, -0.2) is 0 Å². The Morgan fingerprint density at radius 2 is 1.71 bits per heavy atom. The minimum Gasteiger partial charge on any atom is -0.496 e. The number of amides is 1.